The minimum atomic E-state index is -0.653. The van der Waals surface area contributed by atoms with E-state index in [4.69, 9.17) is 0 Å². The molecule has 1 aliphatic rings. The third kappa shape index (κ3) is 5.15. The van der Waals surface area contributed by atoms with E-state index < -0.39 is 11.8 Å². The second-order valence-corrected chi connectivity index (χ2v) is 7.93. The van der Waals surface area contributed by atoms with E-state index in [-0.39, 0.29) is 6.04 Å². The molecule has 0 spiro atoms. The number of rotatable bonds is 5. The minimum absolute atomic E-state index is 0.0109. The molecule has 2 N–H and O–H groups in total. The van der Waals surface area contributed by atoms with Gasteiger partial charge in [-0.2, -0.15) is 0 Å². The van der Waals surface area contributed by atoms with Crippen molar-refractivity contribution in [3.63, 3.8) is 0 Å². The Labute approximate surface area is 172 Å². The number of carbonyl (C=O) groups is 2. The molecule has 0 saturated carbocycles. The van der Waals surface area contributed by atoms with Crippen molar-refractivity contribution in [2.45, 2.75) is 25.8 Å². The summed E-state index contributed by atoms with van der Waals surface area (Å²) in [6.45, 7) is 3.38. The van der Waals surface area contributed by atoms with E-state index >= 15 is 0 Å². The molecule has 1 aliphatic heterocycles. The molecule has 6 heteroatoms. The van der Waals surface area contributed by atoms with Gasteiger partial charge in [-0.1, -0.05) is 24.3 Å². The molecule has 2 aromatic rings. The zero-order valence-corrected chi connectivity index (χ0v) is 17.7. The number of carbonyl (C=O) groups excluding carboxylic acids is 2. The zero-order valence-electron chi connectivity index (χ0n) is 17.7. The first kappa shape index (κ1) is 20.9. The Morgan fingerprint density at radius 3 is 2.66 bits per heavy atom. The Bertz CT molecular complexity index is 894. The Morgan fingerprint density at radius 1 is 1.14 bits per heavy atom. The number of aryl methyl sites for hydroxylation is 2. The van der Waals surface area contributed by atoms with E-state index in [0.29, 0.717) is 12.2 Å². The summed E-state index contributed by atoms with van der Waals surface area (Å²) in [7, 11) is 6.08. The summed E-state index contributed by atoms with van der Waals surface area (Å²) in [5.74, 6) is -1.28. The molecule has 0 unspecified atom stereocenters. The molecule has 2 aromatic carbocycles. The minimum Gasteiger partial charge on any atom is -0.374 e. The molecule has 0 aliphatic carbocycles. The smallest absolute Gasteiger partial charge is 0.313 e. The first-order valence-corrected chi connectivity index (χ1v) is 10.0. The average Bonchev–Trinajstić information content (AvgIpc) is 2.68. The highest BCUT2D eigenvalue weighted by Gasteiger charge is 2.21. The predicted molar refractivity (Wildman–Crippen MR) is 117 cm³/mol. The molecule has 29 heavy (non-hydrogen) atoms. The van der Waals surface area contributed by atoms with Crippen LogP contribution in [-0.2, 0) is 16.0 Å². The van der Waals surface area contributed by atoms with Crippen molar-refractivity contribution in [3.8, 4) is 0 Å². The van der Waals surface area contributed by atoms with Crippen molar-refractivity contribution >= 4 is 23.2 Å². The Morgan fingerprint density at radius 2 is 1.93 bits per heavy atom. The molecular weight excluding hydrogens is 364 g/mol. The fourth-order valence-electron chi connectivity index (χ4n) is 3.79. The third-order valence-corrected chi connectivity index (χ3v) is 5.40. The molecule has 1 atom stereocenters. The number of amides is 2. The fourth-order valence-corrected chi connectivity index (χ4v) is 3.79. The van der Waals surface area contributed by atoms with Crippen LogP contribution >= 0.6 is 0 Å². The van der Waals surface area contributed by atoms with Gasteiger partial charge in [0.2, 0.25) is 0 Å². The van der Waals surface area contributed by atoms with Gasteiger partial charge in [0.05, 0.1) is 6.04 Å². The monoisotopic (exact) mass is 394 g/mol. The summed E-state index contributed by atoms with van der Waals surface area (Å²) in [5.41, 5.74) is 5.40. The van der Waals surface area contributed by atoms with Crippen LogP contribution in [0.25, 0.3) is 0 Å². The molecule has 2 amide bonds. The van der Waals surface area contributed by atoms with E-state index in [0.717, 1.165) is 30.5 Å². The van der Waals surface area contributed by atoms with Crippen LogP contribution < -0.4 is 15.5 Å². The van der Waals surface area contributed by atoms with Crippen LogP contribution in [0.5, 0.6) is 0 Å². The van der Waals surface area contributed by atoms with Gasteiger partial charge in [-0.05, 0) is 68.8 Å². The van der Waals surface area contributed by atoms with Crippen molar-refractivity contribution in [1.29, 1.82) is 0 Å². The number of nitrogens with one attached hydrogen (secondary N) is 2. The van der Waals surface area contributed by atoms with Gasteiger partial charge in [0.15, 0.2) is 0 Å². The molecule has 0 bridgehead atoms. The first-order chi connectivity index (χ1) is 13.8. The van der Waals surface area contributed by atoms with Crippen molar-refractivity contribution in [3.05, 3.63) is 59.2 Å². The fraction of sp³-hybridized carbons (Fsp3) is 0.391. The Balaban J connectivity index is 1.65. The maximum Gasteiger partial charge on any atom is 0.313 e. The summed E-state index contributed by atoms with van der Waals surface area (Å²) in [6, 6.07) is 13.9. The van der Waals surface area contributed by atoms with Gasteiger partial charge in [-0.25, -0.2) is 0 Å². The molecule has 3 rings (SSSR count). The van der Waals surface area contributed by atoms with Crippen molar-refractivity contribution in [2.75, 3.05) is 44.4 Å². The van der Waals surface area contributed by atoms with Crippen LogP contribution in [-0.4, -0.2) is 50.9 Å². The van der Waals surface area contributed by atoms with Gasteiger partial charge >= 0.3 is 11.8 Å². The van der Waals surface area contributed by atoms with Crippen LogP contribution in [0, 0.1) is 6.92 Å². The van der Waals surface area contributed by atoms with Gasteiger partial charge < -0.3 is 20.4 Å². The van der Waals surface area contributed by atoms with Crippen LogP contribution in [0.2, 0.25) is 0 Å². The van der Waals surface area contributed by atoms with Crippen molar-refractivity contribution in [2.24, 2.45) is 0 Å². The molecule has 6 nitrogen and oxygen atoms in total. The maximum atomic E-state index is 12.3. The van der Waals surface area contributed by atoms with Gasteiger partial charge in [0.1, 0.15) is 0 Å². The number of nitrogens with zero attached hydrogens (tertiary/aromatic N) is 2. The Hall–Kier alpha value is -2.86. The molecule has 154 valence electrons. The van der Waals surface area contributed by atoms with Gasteiger partial charge in [-0.15, -0.1) is 0 Å². The maximum absolute atomic E-state index is 12.3. The number of hydrogen-bond acceptors (Lipinski definition) is 4. The van der Waals surface area contributed by atoms with Crippen molar-refractivity contribution < 1.29 is 9.59 Å². The van der Waals surface area contributed by atoms with E-state index in [1.165, 1.54) is 11.3 Å². The van der Waals surface area contributed by atoms with E-state index in [2.05, 4.69) is 45.7 Å². The molecule has 0 fully saturated rings. The summed E-state index contributed by atoms with van der Waals surface area (Å²) >= 11 is 0. The topological polar surface area (TPSA) is 64.7 Å². The van der Waals surface area contributed by atoms with Crippen LogP contribution in [0.15, 0.2) is 42.5 Å². The summed E-state index contributed by atoms with van der Waals surface area (Å²) < 4.78 is 0. The van der Waals surface area contributed by atoms with Crippen molar-refractivity contribution in [1.82, 2.24) is 10.2 Å². The average molecular weight is 395 g/mol. The molecular formula is C23H30N4O2. The lowest BCUT2D eigenvalue weighted by Gasteiger charge is -2.30. The highest BCUT2D eigenvalue weighted by atomic mass is 16.2. The lowest BCUT2D eigenvalue weighted by molar-refractivity contribution is -0.136. The lowest BCUT2D eigenvalue weighted by Crippen LogP contribution is -2.40. The first-order valence-electron chi connectivity index (χ1n) is 10.0. The SMILES string of the molecule is Cc1cccc(NC(=O)C(=O)NC[C@@H](c2ccc3c(c2)CCCN3C)N(C)C)c1. The van der Waals surface area contributed by atoms with Gasteiger partial charge in [0.25, 0.3) is 0 Å². The number of benzene rings is 2. The quantitative estimate of drug-likeness (QED) is 0.766. The Kier molecular flexibility index (Phi) is 6.54. The molecule has 0 saturated heterocycles. The van der Waals surface area contributed by atoms with E-state index in [1.54, 1.807) is 6.07 Å². The van der Waals surface area contributed by atoms with Crippen LogP contribution in [0.3, 0.4) is 0 Å². The molecule has 0 radical (unpaired) electrons. The van der Waals surface area contributed by atoms with Gasteiger partial charge in [0, 0.05) is 31.5 Å². The predicted octanol–water partition coefficient (Wildman–Crippen LogP) is 2.74. The summed E-state index contributed by atoms with van der Waals surface area (Å²) in [4.78, 5) is 28.9. The van der Waals surface area contributed by atoms with Gasteiger partial charge in [-0.3, -0.25) is 9.59 Å². The number of fused-ring (bicyclic) bond motifs is 1. The van der Waals surface area contributed by atoms with Crippen LogP contribution in [0.4, 0.5) is 11.4 Å². The summed E-state index contributed by atoms with van der Waals surface area (Å²) in [6.07, 6.45) is 2.22. The molecule has 1 heterocycles. The zero-order chi connectivity index (χ0) is 21.0. The second kappa shape index (κ2) is 9.09. The largest absolute Gasteiger partial charge is 0.374 e. The lowest BCUT2D eigenvalue weighted by atomic mass is 9.96. The standard InChI is InChI=1S/C23H30N4O2/c1-16-7-5-9-19(13-16)25-23(29)22(28)24-15-21(26(2)3)18-10-11-20-17(14-18)8-6-12-27(20)4/h5,7,9-11,13-14,21H,6,8,12,15H2,1-4H3,(H,24,28)(H,25,29)/t21-/m0/s1. The molecule has 0 aromatic heterocycles. The number of anilines is 2. The number of hydrogen-bond donors (Lipinski definition) is 2. The van der Waals surface area contributed by atoms with E-state index in [1.807, 2.05) is 39.2 Å². The second-order valence-electron chi connectivity index (χ2n) is 7.93. The highest BCUT2D eigenvalue weighted by molar-refractivity contribution is 6.39. The van der Waals surface area contributed by atoms with Crippen LogP contribution in [0.1, 0.15) is 29.2 Å². The highest BCUT2D eigenvalue weighted by Crippen LogP contribution is 2.29. The van der Waals surface area contributed by atoms with E-state index in [9.17, 15) is 9.59 Å². The number of likely N-dealkylation sites (N-methyl/N-ethyl adjacent to an activating group) is 1. The summed E-state index contributed by atoms with van der Waals surface area (Å²) in [5, 5.41) is 5.43. The third-order valence-electron chi connectivity index (χ3n) is 5.40. The normalized spacial score (nSPS) is 14.3.